The van der Waals surface area contributed by atoms with Gasteiger partial charge in [0.25, 0.3) is 5.69 Å². The summed E-state index contributed by atoms with van der Waals surface area (Å²) in [5.74, 6) is 0.259. The maximum Gasteiger partial charge on any atom is 0.292 e. The molecule has 2 heterocycles. The highest BCUT2D eigenvalue weighted by Crippen LogP contribution is 2.32. The average Bonchev–Trinajstić information content (AvgIpc) is 2.63. The van der Waals surface area contributed by atoms with Crippen LogP contribution in [0.1, 0.15) is 19.3 Å². The fraction of sp³-hybridized carbons (Fsp3) is 0.412. The van der Waals surface area contributed by atoms with Gasteiger partial charge in [0.1, 0.15) is 11.5 Å². The predicted molar refractivity (Wildman–Crippen MR) is 102 cm³/mol. The number of anilines is 3. The Labute approximate surface area is 151 Å². The molecule has 1 saturated heterocycles. The van der Waals surface area contributed by atoms with E-state index in [0.29, 0.717) is 23.4 Å². The first-order chi connectivity index (χ1) is 12.5. The molecular weight excluding hydrogens is 334 g/mol. The fourth-order valence-electron chi connectivity index (χ4n) is 3.16. The quantitative estimate of drug-likeness (QED) is 0.528. The summed E-state index contributed by atoms with van der Waals surface area (Å²) in [5, 5.41) is 14.7. The molecule has 1 aromatic carbocycles. The molecule has 1 aliphatic rings. The van der Waals surface area contributed by atoms with Crippen LogP contribution in [0.2, 0.25) is 0 Å². The molecular formula is C17H23N7O2. The van der Waals surface area contributed by atoms with Crippen molar-refractivity contribution in [2.75, 3.05) is 43.0 Å². The SMILES string of the molecule is Nc1ncc(-c2ccc(NCCN3CCCCC3)c([N+](=O)[O-])c2)c(N)n1. The standard InChI is InChI=1S/C17H23N7O2/c18-16-13(11-21-17(19)22-16)12-4-5-14(15(10-12)24(25)26)20-6-9-23-7-2-1-3-8-23/h4-5,10-11,20H,1-3,6-9H2,(H4,18,19,21,22). The number of hydrogen-bond donors (Lipinski definition) is 3. The summed E-state index contributed by atoms with van der Waals surface area (Å²) in [6.45, 7) is 3.73. The van der Waals surface area contributed by atoms with Crippen molar-refractivity contribution in [3.8, 4) is 11.1 Å². The van der Waals surface area contributed by atoms with Crippen LogP contribution in [0.5, 0.6) is 0 Å². The van der Waals surface area contributed by atoms with E-state index in [1.807, 2.05) is 0 Å². The summed E-state index contributed by atoms with van der Waals surface area (Å²) in [5.41, 5.74) is 12.9. The third-order valence-corrected chi connectivity index (χ3v) is 4.53. The highest BCUT2D eigenvalue weighted by atomic mass is 16.6. The van der Waals surface area contributed by atoms with Gasteiger partial charge >= 0.3 is 0 Å². The third-order valence-electron chi connectivity index (χ3n) is 4.53. The smallest absolute Gasteiger partial charge is 0.292 e. The van der Waals surface area contributed by atoms with Gasteiger partial charge in [-0.3, -0.25) is 10.1 Å². The van der Waals surface area contributed by atoms with E-state index < -0.39 is 4.92 Å². The lowest BCUT2D eigenvalue weighted by atomic mass is 10.1. The van der Waals surface area contributed by atoms with Crippen molar-refractivity contribution in [1.82, 2.24) is 14.9 Å². The molecule has 1 aliphatic heterocycles. The normalized spacial score (nSPS) is 14.9. The number of piperidine rings is 1. The van der Waals surface area contributed by atoms with Crippen molar-refractivity contribution < 1.29 is 4.92 Å². The van der Waals surface area contributed by atoms with Crippen LogP contribution in [-0.4, -0.2) is 46.0 Å². The van der Waals surface area contributed by atoms with Gasteiger partial charge in [-0.15, -0.1) is 0 Å². The minimum Gasteiger partial charge on any atom is -0.383 e. The Morgan fingerprint density at radius 3 is 2.69 bits per heavy atom. The molecule has 0 unspecified atom stereocenters. The second kappa shape index (κ2) is 7.96. The molecule has 0 spiro atoms. The number of nitrogens with one attached hydrogen (secondary N) is 1. The number of hydrogen-bond acceptors (Lipinski definition) is 8. The fourth-order valence-corrected chi connectivity index (χ4v) is 3.16. The number of nitrogen functional groups attached to an aromatic ring is 2. The monoisotopic (exact) mass is 357 g/mol. The van der Waals surface area contributed by atoms with Crippen molar-refractivity contribution in [3.63, 3.8) is 0 Å². The minimum absolute atomic E-state index is 0.00244. The van der Waals surface area contributed by atoms with E-state index in [1.165, 1.54) is 31.5 Å². The second-order valence-electron chi connectivity index (χ2n) is 6.35. The number of benzene rings is 1. The van der Waals surface area contributed by atoms with Crippen LogP contribution in [0.25, 0.3) is 11.1 Å². The molecule has 138 valence electrons. The van der Waals surface area contributed by atoms with Crippen LogP contribution >= 0.6 is 0 Å². The molecule has 0 radical (unpaired) electrons. The molecule has 0 saturated carbocycles. The van der Waals surface area contributed by atoms with Gasteiger partial charge in [0.05, 0.1) is 4.92 Å². The summed E-state index contributed by atoms with van der Waals surface area (Å²) in [6, 6.07) is 4.94. The molecule has 9 nitrogen and oxygen atoms in total. The highest BCUT2D eigenvalue weighted by Gasteiger charge is 2.17. The van der Waals surface area contributed by atoms with Crippen LogP contribution in [0.15, 0.2) is 24.4 Å². The largest absolute Gasteiger partial charge is 0.383 e. The number of nitro groups is 1. The second-order valence-corrected chi connectivity index (χ2v) is 6.35. The third kappa shape index (κ3) is 4.17. The Bertz CT molecular complexity index is 791. The van der Waals surface area contributed by atoms with Crippen LogP contribution in [0, 0.1) is 10.1 Å². The number of aromatic nitrogens is 2. The van der Waals surface area contributed by atoms with E-state index in [9.17, 15) is 10.1 Å². The zero-order valence-corrected chi connectivity index (χ0v) is 14.5. The van der Waals surface area contributed by atoms with E-state index >= 15 is 0 Å². The van der Waals surface area contributed by atoms with Crippen molar-refractivity contribution in [3.05, 3.63) is 34.5 Å². The number of likely N-dealkylation sites (tertiary alicyclic amines) is 1. The van der Waals surface area contributed by atoms with Gasteiger partial charge in [-0.25, -0.2) is 4.98 Å². The summed E-state index contributed by atoms with van der Waals surface area (Å²) >= 11 is 0. The highest BCUT2D eigenvalue weighted by molar-refractivity contribution is 5.78. The van der Waals surface area contributed by atoms with E-state index in [-0.39, 0.29) is 17.5 Å². The van der Waals surface area contributed by atoms with Gasteiger partial charge in [0, 0.05) is 30.9 Å². The van der Waals surface area contributed by atoms with Gasteiger partial charge < -0.3 is 21.7 Å². The van der Waals surface area contributed by atoms with Gasteiger partial charge in [0.15, 0.2) is 0 Å². The van der Waals surface area contributed by atoms with E-state index in [1.54, 1.807) is 12.1 Å². The molecule has 1 aromatic heterocycles. The maximum absolute atomic E-state index is 11.5. The predicted octanol–water partition coefficient (Wildman–Crippen LogP) is 2.11. The maximum atomic E-state index is 11.5. The van der Waals surface area contributed by atoms with Gasteiger partial charge in [-0.2, -0.15) is 4.98 Å². The summed E-state index contributed by atoms with van der Waals surface area (Å²) in [6.07, 6.45) is 5.20. The molecule has 0 amide bonds. The van der Waals surface area contributed by atoms with Crippen molar-refractivity contribution in [2.24, 2.45) is 0 Å². The molecule has 0 atom stereocenters. The lowest BCUT2D eigenvalue weighted by Crippen LogP contribution is -2.33. The topological polar surface area (TPSA) is 136 Å². The molecule has 2 aromatic rings. The van der Waals surface area contributed by atoms with Crippen molar-refractivity contribution in [1.29, 1.82) is 0 Å². The Morgan fingerprint density at radius 1 is 1.23 bits per heavy atom. The van der Waals surface area contributed by atoms with Crippen LogP contribution in [0.3, 0.4) is 0 Å². The summed E-state index contributed by atoms with van der Waals surface area (Å²) in [4.78, 5) is 21.3. The molecule has 9 heteroatoms. The summed E-state index contributed by atoms with van der Waals surface area (Å²) < 4.78 is 0. The van der Waals surface area contributed by atoms with Crippen LogP contribution in [0.4, 0.5) is 23.1 Å². The lowest BCUT2D eigenvalue weighted by molar-refractivity contribution is -0.383. The van der Waals surface area contributed by atoms with Crippen molar-refractivity contribution >= 4 is 23.1 Å². The van der Waals surface area contributed by atoms with Crippen LogP contribution in [-0.2, 0) is 0 Å². The lowest BCUT2D eigenvalue weighted by Gasteiger charge is -2.26. The minimum atomic E-state index is -0.402. The number of nitro benzene ring substituents is 1. The Kier molecular flexibility index (Phi) is 5.47. The molecule has 0 bridgehead atoms. The van der Waals surface area contributed by atoms with Gasteiger partial charge in [-0.05, 0) is 37.6 Å². The van der Waals surface area contributed by atoms with Gasteiger partial charge in [0.2, 0.25) is 5.95 Å². The number of nitrogens with zero attached hydrogens (tertiary/aromatic N) is 4. The first kappa shape index (κ1) is 17.9. The molecule has 26 heavy (non-hydrogen) atoms. The van der Waals surface area contributed by atoms with E-state index in [0.717, 1.165) is 19.6 Å². The zero-order chi connectivity index (χ0) is 18.5. The van der Waals surface area contributed by atoms with Crippen LogP contribution < -0.4 is 16.8 Å². The first-order valence-electron chi connectivity index (χ1n) is 8.67. The Morgan fingerprint density at radius 2 is 2.00 bits per heavy atom. The van der Waals surface area contributed by atoms with Crippen molar-refractivity contribution in [2.45, 2.75) is 19.3 Å². The summed E-state index contributed by atoms with van der Waals surface area (Å²) in [7, 11) is 0. The molecule has 1 fully saturated rings. The molecule has 0 aliphatic carbocycles. The zero-order valence-electron chi connectivity index (χ0n) is 14.5. The molecule has 3 rings (SSSR count). The average molecular weight is 357 g/mol. The number of rotatable bonds is 6. The van der Waals surface area contributed by atoms with Gasteiger partial charge in [-0.1, -0.05) is 12.5 Å². The first-order valence-corrected chi connectivity index (χ1v) is 8.67. The molecule has 5 N–H and O–H groups in total. The Hall–Kier alpha value is -2.94. The number of nitrogens with two attached hydrogens (primary N) is 2. The van der Waals surface area contributed by atoms with E-state index in [4.69, 9.17) is 11.5 Å². The Balaban J connectivity index is 1.75. The van der Waals surface area contributed by atoms with E-state index in [2.05, 4.69) is 20.2 Å².